The predicted octanol–water partition coefficient (Wildman–Crippen LogP) is 1.86. The number of amides is 2. The highest BCUT2D eigenvalue weighted by molar-refractivity contribution is 7.13. The van der Waals surface area contributed by atoms with E-state index >= 15 is 0 Å². The fourth-order valence-corrected chi connectivity index (χ4v) is 2.62. The van der Waals surface area contributed by atoms with Crippen LogP contribution < -0.4 is 11.1 Å². The zero-order valence-electron chi connectivity index (χ0n) is 8.89. The van der Waals surface area contributed by atoms with Gasteiger partial charge in [0.2, 0.25) is 0 Å². The summed E-state index contributed by atoms with van der Waals surface area (Å²) in [6, 6.07) is 1.64. The first kappa shape index (κ1) is 11.7. The molecular weight excluding hydrogens is 258 g/mol. The Labute approximate surface area is 105 Å². The molecule has 0 aliphatic rings. The lowest BCUT2D eigenvalue weighted by Crippen LogP contribution is -2.16. The predicted molar refractivity (Wildman–Crippen MR) is 67.6 cm³/mol. The molecular formula is C10H9N3O2S2. The van der Waals surface area contributed by atoms with Crippen molar-refractivity contribution in [1.29, 1.82) is 0 Å². The molecule has 3 N–H and O–H groups in total. The van der Waals surface area contributed by atoms with E-state index in [0.29, 0.717) is 15.6 Å². The van der Waals surface area contributed by atoms with Crippen LogP contribution in [0, 0.1) is 6.92 Å². The molecule has 0 aliphatic carbocycles. The molecule has 0 radical (unpaired) electrons. The summed E-state index contributed by atoms with van der Waals surface area (Å²) < 4.78 is 0. The molecule has 2 amide bonds. The van der Waals surface area contributed by atoms with E-state index in [1.54, 1.807) is 16.8 Å². The lowest BCUT2D eigenvalue weighted by Gasteiger charge is -2.01. The zero-order valence-corrected chi connectivity index (χ0v) is 10.5. The number of nitrogens with zero attached hydrogens (tertiary/aromatic N) is 1. The van der Waals surface area contributed by atoms with E-state index in [9.17, 15) is 9.59 Å². The van der Waals surface area contributed by atoms with Crippen LogP contribution in [0.4, 0.5) is 5.69 Å². The molecule has 2 heterocycles. The van der Waals surface area contributed by atoms with Crippen LogP contribution in [0.2, 0.25) is 0 Å². The van der Waals surface area contributed by atoms with Crippen LogP contribution in [0.25, 0.3) is 0 Å². The van der Waals surface area contributed by atoms with Crippen molar-refractivity contribution in [3.8, 4) is 0 Å². The van der Waals surface area contributed by atoms with Crippen LogP contribution in [0.1, 0.15) is 25.2 Å². The highest BCUT2D eigenvalue weighted by atomic mass is 32.1. The third kappa shape index (κ3) is 2.51. The molecule has 0 saturated heterocycles. The third-order valence-corrected chi connectivity index (χ3v) is 3.84. The van der Waals surface area contributed by atoms with Crippen molar-refractivity contribution in [2.45, 2.75) is 6.92 Å². The Morgan fingerprint density at radius 3 is 2.76 bits per heavy atom. The molecule has 88 valence electrons. The van der Waals surface area contributed by atoms with Crippen LogP contribution in [-0.4, -0.2) is 16.8 Å². The molecule has 0 unspecified atom stereocenters. The van der Waals surface area contributed by atoms with Gasteiger partial charge >= 0.3 is 0 Å². The highest BCUT2D eigenvalue weighted by Gasteiger charge is 2.15. The van der Waals surface area contributed by atoms with Gasteiger partial charge in [0.1, 0.15) is 4.88 Å². The Hall–Kier alpha value is -1.73. The number of aromatic nitrogens is 1. The minimum atomic E-state index is -0.550. The van der Waals surface area contributed by atoms with Crippen molar-refractivity contribution in [3.63, 3.8) is 0 Å². The van der Waals surface area contributed by atoms with Gasteiger partial charge in [-0.15, -0.1) is 22.7 Å². The van der Waals surface area contributed by atoms with Crippen molar-refractivity contribution in [3.05, 3.63) is 32.4 Å². The number of hydrogen-bond donors (Lipinski definition) is 2. The summed E-state index contributed by atoms with van der Waals surface area (Å²) in [6.07, 6.45) is 0. The van der Waals surface area contributed by atoms with Gasteiger partial charge < -0.3 is 11.1 Å². The molecule has 0 bridgehead atoms. The maximum atomic E-state index is 11.8. The SMILES string of the molecule is Cc1csc(C(=O)Nc2ccsc2C(N)=O)n1. The van der Waals surface area contributed by atoms with Gasteiger partial charge in [0.15, 0.2) is 5.01 Å². The van der Waals surface area contributed by atoms with E-state index in [2.05, 4.69) is 10.3 Å². The number of anilines is 1. The standard InChI is InChI=1S/C10H9N3O2S2/c1-5-4-17-10(12-5)9(15)13-6-2-3-16-7(6)8(11)14/h2-4H,1H3,(H2,11,14)(H,13,15). The Kier molecular flexibility index (Phi) is 3.21. The molecule has 2 aromatic heterocycles. The summed E-state index contributed by atoms with van der Waals surface area (Å²) in [4.78, 5) is 27.3. The maximum absolute atomic E-state index is 11.8. The lowest BCUT2D eigenvalue weighted by atomic mass is 10.3. The van der Waals surface area contributed by atoms with Crippen molar-refractivity contribution in [2.24, 2.45) is 5.73 Å². The molecule has 0 atom stereocenters. The van der Waals surface area contributed by atoms with Crippen LogP contribution in [0.5, 0.6) is 0 Å². The van der Waals surface area contributed by atoms with E-state index in [4.69, 9.17) is 5.73 Å². The molecule has 0 aromatic carbocycles. The zero-order chi connectivity index (χ0) is 12.4. The number of rotatable bonds is 3. The van der Waals surface area contributed by atoms with Crippen molar-refractivity contribution in [1.82, 2.24) is 4.98 Å². The second-order valence-corrected chi connectivity index (χ2v) is 5.05. The first-order chi connectivity index (χ1) is 8.08. The molecule has 2 rings (SSSR count). The molecule has 0 aliphatic heterocycles. The number of nitrogens with one attached hydrogen (secondary N) is 1. The Bertz CT molecular complexity index is 574. The van der Waals surface area contributed by atoms with Gasteiger partial charge in [-0.3, -0.25) is 9.59 Å². The lowest BCUT2D eigenvalue weighted by molar-refractivity contribution is 0.100. The Morgan fingerprint density at radius 1 is 1.41 bits per heavy atom. The number of aryl methyl sites for hydroxylation is 1. The van der Waals surface area contributed by atoms with Crippen LogP contribution in [-0.2, 0) is 0 Å². The van der Waals surface area contributed by atoms with Crippen molar-refractivity contribution < 1.29 is 9.59 Å². The van der Waals surface area contributed by atoms with Gasteiger partial charge in [-0.1, -0.05) is 0 Å². The smallest absolute Gasteiger partial charge is 0.284 e. The fraction of sp³-hybridized carbons (Fsp3) is 0.100. The van der Waals surface area contributed by atoms with Crippen LogP contribution in [0.15, 0.2) is 16.8 Å². The summed E-state index contributed by atoms with van der Waals surface area (Å²) in [5, 5.41) is 6.47. The summed E-state index contributed by atoms with van der Waals surface area (Å²) in [6.45, 7) is 1.81. The fourth-order valence-electron chi connectivity index (χ4n) is 1.23. The average Bonchev–Trinajstić information content (AvgIpc) is 2.86. The number of thiophene rings is 1. The first-order valence-corrected chi connectivity index (χ1v) is 6.44. The van der Waals surface area contributed by atoms with Crippen molar-refractivity contribution >= 4 is 40.2 Å². The summed E-state index contributed by atoms with van der Waals surface area (Å²) in [5.74, 6) is -0.880. The van der Waals surface area contributed by atoms with E-state index in [0.717, 1.165) is 5.69 Å². The average molecular weight is 267 g/mol. The van der Waals surface area contributed by atoms with E-state index in [-0.39, 0.29) is 5.91 Å². The Balaban J connectivity index is 2.18. The topological polar surface area (TPSA) is 85.1 Å². The van der Waals surface area contributed by atoms with Gasteiger partial charge in [0.05, 0.1) is 5.69 Å². The molecule has 0 spiro atoms. The van der Waals surface area contributed by atoms with Gasteiger partial charge in [-0.2, -0.15) is 0 Å². The first-order valence-electron chi connectivity index (χ1n) is 4.68. The molecule has 0 saturated carbocycles. The van der Waals surface area contributed by atoms with Gasteiger partial charge in [-0.05, 0) is 18.4 Å². The monoisotopic (exact) mass is 267 g/mol. The minimum Gasteiger partial charge on any atom is -0.365 e. The van der Waals surface area contributed by atoms with E-state index in [1.165, 1.54) is 22.7 Å². The molecule has 5 nitrogen and oxygen atoms in total. The molecule has 0 fully saturated rings. The maximum Gasteiger partial charge on any atom is 0.284 e. The normalized spacial score (nSPS) is 10.2. The van der Waals surface area contributed by atoms with Gasteiger partial charge in [-0.25, -0.2) is 4.98 Å². The molecule has 2 aromatic rings. The van der Waals surface area contributed by atoms with Crippen LogP contribution in [0.3, 0.4) is 0 Å². The van der Waals surface area contributed by atoms with E-state index in [1.807, 2.05) is 6.92 Å². The Morgan fingerprint density at radius 2 is 2.18 bits per heavy atom. The number of carbonyl (C=O) groups excluding carboxylic acids is 2. The second-order valence-electron chi connectivity index (χ2n) is 3.28. The number of nitrogens with two attached hydrogens (primary N) is 1. The summed E-state index contributed by atoms with van der Waals surface area (Å²) >= 11 is 2.45. The largest absolute Gasteiger partial charge is 0.365 e. The van der Waals surface area contributed by atoms with Crippen LogP contribution >= 0.6 is 22.7 Å². The highest BCUT2D eigenvalue weighted by Crippen LogP contribution is 2.22. The quantitative estimate of drug-likeness (QED) is 0.890. The summed E-state index contributed by atoms with van der Waals surface area (Å²) in [7, 11) is 0. The molecule has 17 heavy (non-hydrogen) atoms. The van der Waals surface area contributed by atoms with E-state index < -0.39 is 5.91 Å². The number of thiazole rings is 1. The second kappa shape index (κ2) is 4.64. The number of primary amides is 1. The van der Waals surface area contributed by atoms with Crippen molar-refractivity contribution in [2.75, 3.05) is 5.32 Å². The minimum absolute atomic E-state index is 0.330. The third-order valence-electron chi connectivity index (χ3n) is 1.95. The number of hydrogen-bond acceptors (Lipinski definition) is 5. The van der Waals surface area contributed by atoms with Gasteiger partial charge in [0, 0.05) is 11.1 Å². The molecule has 7 heteroatoms. The number of carbonyl (C=O) groups is 2. The summed E-state index contributed by atoms with van der Waals surface area (Å²) in [5.41, 5.74) is 6.41. The van der Waals surface area contributed by atoms with Gasteiger partial charge in [0.25, 0.3) is 11.8 Å².